The van der Waals surface area contributed by atoms with Crippen molar-refractivity contribution in [1.82, 2.24) is 9.21 Å². The van der Waals surface area contributed by atoms with E-state index in [2.05, 4.69) is 18.9 Å². The first-order valence-corrected chi connectivity index (χ1v) is 13.3. The van der Waals surface area contributed by atoms with Gasteiger partial charge in [0.15, 0.2) is 0 Å². The van der Waals surface area contributed by atoms with Gasteiger partial charge in [-0.3, -0.25) is 0 Å². The molecule has 1 aliphatic carbocycles. The summed E-state index contributed by atoms with van der Waals surface area (Å²) in [4.78, 5) is 2.33. The minimum atomic E-state index is -4.48. The number of halogens is 3. The Morgan fingerprint density at radius 2 is 1.47 bits per heavy atom. The number of unbranched alkanes of at least 4 members (excludes halogenated alkanes) is 3. The van der Waals surface area contributed by atoms with Crippen LogP contribution in [0.5, 0.6) is 0 Å². The van der Waals surface area contributed by atoms with E-state index in [1.165, 1.54) is 49.4 Å². The van der Waals surface area contributed by atoms with Crippen LogP contribution in [0.3, 0.4) is 0 Å². The van der Waals surface area contributed by atoms with E-state index < -0.39 is 21.8 Å². The first-order valence-electron chi connectivity index (χ1n) is 11.9. The Bertz CT molecular complexity index is 773. The fourth-order valence-electron chi connectivity index (χ4n) is 4.53. The van der Waals surface area contributed by atoms with Gasteiger partial charge in [0, 0.05) is 13.1 Å². The molecule has 0 unspecified atom stereocenters. The third-order valence-electron chi connectivity index (χ3n) is 6.73. The first-order chi connectivity index (χ1) is 15.1. The van der Waals surface area contributed by atoms with Crippen molar-refractivity contribution in [2.75, 3.05) is 27.2 Å². The molecule has 0 amide bonds. The molecule has 0 heterocycles. The predicted octanol–water partition coefficient (Wildman–Crippen LogP) is 6.18. The maximum atomic E-state index is 12.9. The highest BCUT2D eigenvalue weighted by Crippen LogP contribution is 2.34. The predicted molar refractivity (Wildman–Crippen MR) is 123 cm³/mol. The van der Waals surface area contributed by atoms with Gasteiger partial charge in [0.1, 0.15) is 0 Å². The zero-order valence-corrected chi connectivity index (χ0v) is 20.5. The summed E-state index contributed by atoms with van der Waals surface area (Å²) >= 11 is 0. The van der Waals surface area contributed by atoms with Crippen LogP contribution >= 0.6 is 0 Å². The van der Waals surface area contributed by atoms with Gasteiger partial charge in [-0.15, -0.1) is 0 Å². The monoisotopic (exact) mass is 476 g/mol. The Hall–Kier alpha value is -1.12. The van der Waals surface area contributed by atoms with Gasteiger partial charge in [-0.2, -0.15) is 17.5 Å². The van der Waals surface area contributed by atoms with Crippen molar-refractivity contribution >= 4 is 10.0 Å². The van der Waals surface area contributed by atoms with E-state index in [9.17, 15) is 21.6 Å². The fraction of sp³-hybridized carbons (Fsp3) is 0.750. The van der Waals surface area contributed by atoms with E-state index in [1.807, 2.05) is 0 Å². The summed E-state index contributed by atoms with van der Waals surface area (Å²) in [7, 11) is -0.0618. The number of sulfonamides is 1. The summed E-state index contributed by atoms with van der Waals surface area (Å²) in [5.74, 6) is 0.638. The maximum Gasteiger partial charge on any atom is 0.416 e. The molecule has 1 saturated carbocycles. The van der Waals surface area contributed by atoms with E-state index >= 15 is 0 Å². The van der Waals surface area contributed by atoms with E-state index in [0.717, 1.165) is 56.5 Å². The van der Waals surface area contributed by atoms with Crippen LogP contribution in [0.2, 0.25) is 0 Å². The van der Waals surface area contributed by atoms with E-state index in [0.29, 0.717) is 5.92 Å². The molecule has 8 heteroatoms. The SMILES string of the molecule is CCCCCN(C)CCCCC1CCC(N(C)S(=O)(=O)c2ccc(C(F)(F)F)cc2)CC1. The molecule has 0 aliphatic heterocycles. The molecule has 0 aromatic heterocycles. The molecule has 0 N–H and O–H groups in total. The number of hydrogen-bond acceptors (Lipinski definition) is 3. The normalized spacial score (nSPS) is 20.2. The summed E-state index contributed by atoms with van der Waals surface area (Å²) in [6.07, 6.45) is 6.53. The van der Waals surface area contributed by atoms with Gasteiger partial charge < -0.3 is 4.90 Å². The Balaban J connectivity index is 1.76. The molecule has 184 valence electrons. The Morgan fingerprint density at radius 1 is 0.906 bits per heavy atom. The highest BCUT2D eigenvalue weighted by Gasteiger charge is 2.33. The van der Waals surface area contributed by atoms with E-state index in [4.69, 9.17) is 0 Å². The third kappa shape index (κ3) is 8.03. The second-order valence-corrected chi connectivity index (χ2v) is 11.2. The molecule has 1 aliphatic rings. The average Bonchev–Trinajstić information content (AvgIpc) is 2.76. The Kier molecular flexibility index (Phi) is 10.5. The van der Waals surface area contributed by atoms with Crippen LogP contribution in [0, 0.1) is 5.92 Å². The van der Waals surface area contributed by atoms with Crippen LogP contribution in [0.15, 0.2) is 29.2 Å². The van der Waals surface area contributed by atoms with Crippen LogP contribution in [-0.2, 0) is 16.2 Å². The minimum Gasteiger partial charge on any atom is -0.306 e. The summed E-state index contributed by atoms with van der Waals surface area (Å²) in [5, 5.41) is 0. The largest absolute Gasteiger partial charge is 0.416 e. The van der Waals surface area contributed by atoms with Gasteiger partial charge >= 0.3 is 6.18 Å². The number of nitrogens with zero attached hydrogens (tertiary/aromatic N) is 2. The van der Waals surface area contributed by atoms with Crippen molar-refractivity contribution in [2.24, 2.45) is 5.92 Å². The molecule has 2 rings (SSSR count). The number of hydrogen-bond donors (Lipinski definition) is 0. The highest BCUT2D eigenvalue weighted by molar-refractivity contribution is 7.89. The molecular formula is C24H39F3N2O2S. The lowest BCUT2D eigenvalue weighted by Crippen LogP contribution is -2.39. The fourth-order valence-corrected chi connectivity index (χ4v) is 5.95. The summed E-state index contributed by atoms with van der Waals surface area (Å²) in [6, 6.07) is 3.68. The van der Waals surface area contributed by atoms with Crippen molar-refractivity contribution < 1.29 is 21.6 Å². The molecule has 32 heavy (non-hydrogen) atoms. The van der Waals surface area contributed by atoms with Crippen molar-refractivity contribution in [1.29, 1.82) is 0 Å². The van der Waals surface area contributed by atoms with Gasteiger partial charge in [0.2, 0.25) is 10.0 Å². The molecular weight excluding hydrogens is 437 g/mol. The van der Waals surface area contributed by atoms with Crippen LogP contribution in [0.25, 0.3) is 0 Å². The topological polar surface area (TPSA) is 40.6 Å². The van der Waals surface area contributed by atoms with Gasteiger partial charge in [0.25, 0.3) is 0 Å². The van der Waals surface area contributed by atoms with Crippen molar-refractivity contribution in [3.05, 3.63) is 29.8 Å². The van der Waals surface area contributed by atoms with Crippen molar-refractivity contribution in [3.63, 3.8) is 0 Å². The number of rotatable bonds is 12. The quantitative estimate of drug-likeness (QED) is 0.338. The molecule has 0 radical (unpaired) electrons. The van der Waals surface area contributed by atoms with Gasteiger partial charge in [-0.1, -0.05) is 32.6 Å². The second-order valence-electron chi connectivity index (χ2n) is 9.22. The summed E-state index contributed by atoms with van der Waals surface area (Å²) in [6.45, 7) is 4.52. The third-order valence-corrected chi connectivity index (χ3v) is 8.66. The molecule has 0 atom stereocenters. The zero-order valence-electron chi connectivity index (χ0n) is 19.7. The van der Waals surface area contributed by atoms with Gasteiger partial charge in [-0.25, -0.2) is 8.42 Å². The van der Waals surface area contributed by atoms with Crippen LogP contribution in [-0.4, -0.2) is 50.8 Å². The molecule has 1 aromatic rings. The lowest BCUT2D eigenvalue weighted by atomic mass is 9.83. The Labute approximate surface area is 192 Å². The first kappa shape index (κ1) is 27.1. The van der Waals surface area contributed by atoms with Crippen LogP contribution < -0.4 is 0 Å². The standard InChI is InChI=1S/C24H39F3N2O2S/c1-4-5-7-18-28(2)19-8-6-9-20-10-14-22(15-11-20)29(3)32(30,31)23-16-12-21(13-17-23)24(25,26)27/h12-13,16-17,20,22H,4-11,14-15,18-19H2,1-3H3. The molecule has 0 saturated heterocycles. The maximum absolute atomic E-state index is 12.9. The zero-order chi connectivity index (χ0) is 23.8. The molecule has 1 aromatic carbocycles. The molecule has 0 bridgehead atoms. The molecule has 1 fully saturated rings. The lowest BCUT2D eigenvalue weighted by Gasteiger charge is -2.34. The summed E-state index contributed by atoms with van der Waals surface area (Å²) in [5.41, 5.74) is -0.841. The van der Waals surface area contributed by atoms with Gasteiger partial charge in [-0.05, 0) is 88.8 Å². The van der Waals surface area contributed by atoms with Crippen LogP contribution in [0.4, 0.5) is 13.2 Å². The highest BCUT2D eigenvalue weighted by atomic mass is 32.2. The van der Waals surface area contributed by atoms with Gasteiger partial charge in [0.05, 0.1) is 10.5 Å². The summed E-state index contributed by atoms with van der Waals surface area (Å²) < 4.78 is 65.4. The van der Waals surface area contributed by atoms with E-state index in [1.54, 1.807) is 7.05 Å². The lowest BCUT2D eigenvalue weighted by molar-refractivity contribution is -0.137. The minimum absolute atomic E-state index is 0.0850. The van der Waals surface area contributed by atoms with Crippen molar-refractivity contribution in [2.45, 2.75) is 88.2 Å². The molecule has 4 nitrogen and oxygen atoms in total. The molecule has 0 spiro atoms. The second kappa shape index (κ2) is 12.4. The average molecular weight is 477 g/mol. The van der Waals surface area contributed by atoms with E-state index in [-0.39, 0.29) is 10.9 Å². The number of alkyl halides is 3. The number of benzene rings is 1. The van der Waals surface area contributed by atoms with Crippen molar-refractivity contribution in [3.8, 4) is 0 Å². The smallest absolute Gasteiger partial charge is 0.306 e. The Morgan fingerprint density at radius 3 is 2.00 bits per heavy atom. The van der Waals surface area contributed by atoms with Crippen LogP contribution in [0.1, 0.15) is 76.7 Å².